The number of hydrogen-bond donors (Lipinski definition) is 1. The second-order valence-electron chi connectivity index (χ2n) is 4.14. The van der Waals surface area contributed by atoms with Gasteiger partial charge in [-0.1, -0.05) is 12.1 Å². The van der Waals surface area contributed by atoms with Gasteiger partial charge < -0.3 is 9.63 Å². The van der Waals surface area contributed by atoms with Gasteiger partial charge in [0.1, 0.15) is 5.01 Å². The first-order valence-electron chi connectivity index (χ1n) is 5.48. The van der Waals surface area contributed by atoms with Crippen molar-refractivity contribution in [2.24, 2.45) is 0 Å². The summed E-state index contributed by atoms with van der Waals surface area (Å²) >= 11 is 1.59. The molecule has 2 unspecified atom stereocenters. The predicted molar refractivity (Wildman–Crippen MR) is 64.1 cm³/mol. The number of aliphatic hydroxyl groups excluding tert-OH is 1. The van der Waals surface area contributed by atoms with Crippen LogP contribution in [0.15, 0.2) is 9.90 Å². The Morgan fingerprint density at radius 2 is 2.18 bits per heavy atom. The molecule has 0 aliphatic rings. The van der Waals surface area contributed by atoms with Crippen molar-refractivity contribution < 1.29 is 9.63 Å². The van der Waals surface area contributed by atoms with E-state index in [9.17, 15) is 5.11 Å². The second-order valence-corrected chi connectivity index (χ2v) is 5.08. The van der Waals surface area contributed by atoms with Crippen LogP contribution in [0.2, 0.25) is 0 Å². The van der Waals surface area contributed by atoms with Crippen molar-refractivity contribution in [3.8, 4) is 0 Å². The highest BCUT2D eigenvalue weighted by Gasteiger charge is 2.19. The van der Waals surface area contributed by atoms with E-state index in [2.05, 4.69) is 15.1 Å². The summed E-state index contributed by atoms with van der Waals surface area (Å²) in [7, 11) is 0. The molecule has 0 saturated carbocycles. The number of aromatic nitrogens is 3. The number of nitrogens with zero attached hydrogens (tertiary/aromatic N) is 3. The van der Waals surface area contributed by atoms with Crippen molar-refractivity contribution in [2.75, 3.05) is 0 Å². The largest absolute Gasteiger partial charge is 0.393 e. The highest BCUT2D eigenvalue weighted by atomic mass is 32.1. The fourth-order valence-corrected chi connectivity index (χ4v) is 2.12. The third-order valence-corrected chi connectivity index (χ3v) is 3.54. The number of thiazole rings is 1. The predicted octanol–water partition coefficient (Wildman–Crippen LogP) is 1.91. The molecule has 2 atom stereocenters. The van der Waals surface area contributed by atoms with Gasteiger partial charge in [0.2, 0.25) is 5.89 Å². The maximum Gasteiger partial charge on any atom is 0.232 e. The molecule has 2 aromatic heterocycles. The lowest BCUT2D eigenvalue weighted by Crippen LogP contribution is -2.11. The van der Waals surface area contributed by atoms with E-state index < -0.39 is 6.10 Å². The van der Waals surface area contributed by atoms with E-state index in [0.29, 0.717) is 18.1 Å². The number of aryl methyl sites for hydroxylation is 1. The van der Waals surface area contributed by atoms with Crippen LogP contribution in [0.25, 0.3) is 0 Å². The van der Waals surface area contributed by atoms with Crippen molar-refractivity contribution in [3.63, 3.8) is 0 Å². The fraction of sp³-hybridized carbons (Fsp3) is 0.545. The van der Waals surface area contributed by atoms with Gasteiger partial charge in [0.15, 0.2) is 5.82 Å². The summed E-state index contributed by atoms with van der Waals surface area (Å²) in [4.78, 5) is 8.61. The van der Waals surface area contributed by atoms with E-state index in [4.69, 9.17) is 4.52 Å². The number of hydrogen-bond acceptors (Lipinski definition) is 6. The topological polar surface area (TPSA) is 72.0 Å². The molecule has 0 amide bonds. The van der Waals surface area contributed by atoms with Crippen molar-refractivity contribution in [2.45, 2.75) is 39.2 Å². The molecule has 2 heterocycles. The van der Waals surface area contributed by atoms with Gasteiger partial charge in [0.25, 0.3) is 0 Å². The van der Waals surface area contributed by atoms with E-state index >= 15 is 0 Å². The van der Waals surface area contributed by atoms with Crippen LogP contribution in [0.1, 0.15) is 42.2 Å². The lowest BCUT2D eigenvalue weighted by molar-refractivity contribution is 0.151. The minimum Gasteiger partial charge on any atom is -0.393 e. The van der Waals surface area contributed by atoms with Crippen LogP contribution in [0, 0.1) is 6.92 Å². The molecule has 0 bridgehead atoms. The van der Waals surface area contributed by atoms with Crippen molar-refractivity contribution >= 4 is 11.3 Å². The Labute approximate surface area is 104 Å². The average molecular weight is 253 g/mol. The lowest BCUT2D eigenvalue weighted by Gasteiger charge is -2.07. The molecule has 0 saturated heterocycles. The summed E-state index contributed by atoms with van der Waals surface area (Å²) in [6.45, 7) is 5.52. The van der Waals surface area contributed by atoms with Crippen molar-refractivity contribution in [3.05, 3.63) is 27.8 Å². The third kappa shape index (κ3) is 2.89. The molecular weight excluding hydrogens is 238 g/mol. The standard InChI is InChI=1S/C11H15N3O2S/c1-6-5-17-10(12-6)4-9-13-11(16-14-9)7(2)8(3)15/h5,7-8,15H,4H2,1-3H3. The summed E-state index contributed by atoms with van der Waals surface area (Å²) in [5.74, 6) is 0.944. The minimum absolute atomic E-state index is 0.144. The Balaban J connectivity index is 2.08. The van der Waals surface area contributed by atoms with Gasteiger partial charge in [-0.25, -0.2) is 4.98 Å². The van der Waals surface area contributed by atoms with Gasteiger partial charge in [-0.2, -0.15) is 4.98 Å². The molecule has 6 heteroatoms. The van der Waals surface area contributed by atoms with E-state index in [1.54, 1.807) is 18.3 Å². The fourth-order valence-electron chi connectivity index (χ4n) is 1.35. The Bertz CT molecular complexity index is 492. The van der Waals surface area contributed by atoms with E-state index in [0.717, 1.165) is 10.7 Å². The van der Waals surface area contributed by atoms with Gasteiger partial charge in [0.05, 0.1) is 18.4 Å². The Kier molecular flexibility index (Phi) is 3.54. The summed E-state index contributed by atoms with van der Waals surface area (Å²) in [5.41, 5.74) is 1.01. The summed E-state index contributed by atoms with van der Waals surface area (Å²) in [6, 6.07) is 0. The zero-order chi connectivity index (χ0) is 12.4. The maximum atomic E-state index is 9.44. The molecule has 5 nitrogen and oxygen atoms in total. The molecular formula is C11H15N3O2S. The Morgan fingerprint density at radius 1 is 1.41 bits per heavy atom. The molecule has 2 rings (SSSR count). The van der Waals surface area contributed by atoms with Gasteiger partial charge in [0, 0.05) is 11.1 Å². The number of rotatable bonds is 4. The van der Waals surface area contributed by atoms with Gasteiger partial charge >= 0.3 is 0 Å². The van der Waals surface area contributed by atoms with E-state index in [1.807, 2.05) is 19.2 Å². The van der Waals surface area contributed by atoms with E-state index in [1.165, 1.54) is 0 Å². The molecule has 0 spiro atoms. The first-order valence-corrected chi connectivity index (χ1v) is 6.35. The zero-order valence-corrected chi connectivity index (χ0v) is 10.9. The molecule has 92 valence electrons. The maximum absolute atomic E-state index is 9.44. The molecule has 17 heavy (non-hydrogen) atoms. The highest BCUT2D eigenvalue weighted by Crippen LogP contribution is 2.18. The quantitative estimate of drug-likeness (QED) is 0.901. The molecule has 0 aliphatic carbocycles. The van der Waals surface area contributed by atoms with Crippen LogP contribution in [-0.2, 0) is 6.42 Å². The summed E-state index contributed by atoms with van der Waals surface area (Å²) < 4.78 is 5.12. The van der Waals surface area contributed by atoms with Crippen LogP contribution >= 0.6 is 11.3 Å². The van der Waals surface area contributed by atoms with Crippen LogP contribution in [0.4, 0.5) is 0 Å². The zero-order valence-electron chi connectivity index (χ0n) is 10.0. The second kappa shape index (κ2) is 4.93. The summed E-state index contributed by atoms with van der Waals surface area (Å²) in [6.07, 6.45) is 0.0829. The normalized spacial score (nSPS) is 14.8. The van der Waals surface area contributed by atoms with Gasteiger partial charge in [-0.15, -0.1) is 11.3 Å². The molecule has 1 N–H and O–H groups in total. The van der Waals surface area contributed by atoms with Gasteiger partial charge in [-0.05, 0) is 13.8 Å². The first-order chi connectivity index (χ1) is 8.06. The smallest absolute Gasteiger partial charge is 0.232 e. The van der Waals surface area contributed by atoms with Crippen molar-refractivity contribution in [1.82, 2.24) is 15.1 Å². The molecule has 0 aliphatic heterocycles. The van der Waals surface area contributed by atoms with Gasteiger partial charge in [-0.3, -0.25) is 0 Å². The van der Waals surface area contributed by atoms with Crippen LogP contribution < -0.4 is 0 Å². The molecule has 0 fully saturated rings. The first kappa shape index (κ1) is 12.2. The SMILES string of the molecule is Cc1csc(Cc2noc(C(C)C(C)O)n2)n1. The monoisotopic (exact) mass is 253 g/mol. The molecule has 2 aromatic rings. The Hall–Kier alpha value is -1.27. The average Bonchev–Trinajstić information content (AvgIpc) is 2.87. The van der Waals surface area contributed by atoms with E-state index in [-0.39, 0.29) is 5.92 Å². The molecule has 0 radical (unpaired) electrons. The third-order valence-electron chi connectivity index (χ3n) is 2.57. The number of aliphatic hydroxyl groups is 1. The summed E-state index contributed by atoms with van der Waals surface area (Å²) in [5, 5.41) is 16.3. The molecule has 0 aromatic carbocycles. The van der Waals surface area contributed by atoms with Crippen LogP contribution in [-0.4, -0.2) is 26.3 Å². The highest BCUT2D eigenvalue weighted by molar-refractivity contribution is 7.09. The minimum atomic E-state index is -0.495. The Morgan fingerprint density at radius 3 is 2.76 bits per heavy atom. The lowest BCUT2D eigenvalue weighted by atomic mass is 10.1. The van der Waals surface area contributed by atoms with Crippen LogP contribution in [0.3, 0.4) is 0 Å². The van der Waals surface area contributed by atoms with Crippen molar-refractivity contribution in [1.29, 1.82) is 0 Å². The van der Waals surface area contributed by atoms with Crippen LogP contribution in [0.5, 0.6) is 0 Å².